The SMILES string of the molecule is CCCCCCC/C=C\C/C=C\CCCCCCCCCCCCOCC(COC1OC(COC2OC(CO)C(O)C(O)C2O)C(O)C(O)C1O)OC(=O)CCCCCCCCCCCCC/C=C\CCCCCCCCCC. The van der Waals surface area contributed by atoms with E-state index in [-0.39, 0.29) is 25.6 Å². The van der Waals surface area contributed by atoms with Gasteiger partial charge < -0.3 is 64.2 Å². The first-order valence-electron chi connectivity index (χ1n) is 32.6. The molecule has 0 radical (unpaired) electrons. The molecular weight excluding hydrogens is 1000 g/mol. The predicted molar refractivity (Wildman–Crippen MR) is 316 cm³/mol. The van der Waals surface area contributed by atoms with E-state index in [4.69, 9.17) is 28.4 Å². The molecular formula is C65H120O14. The summed E-state index contributed by atoms with van der Waals surface area (Å²) in [4.78, 5) is 13.1. The van der Waals surface area contributed by atoms with Crippen molar-refractivity contribution in [1.29, 1.82) is 0 Å². The number of aliphatic hydroxyl groups is 7. The van der Waals surface area contributed by atoms with Gasteiger partial charge in [0.25, 0.3) is 0 Å². The number of carbonyl (C=O) groups excluding carboxylic acids is 1. The second-order valence-electron chi connectivity index (χ2n) is 22.9. The van der Waals surface area contributed by atoms with Gasteiger partial charge in [-0.15, -0.1) is 0 Å². The van der Waals surface area contributed by atoms with Crippen LogP contribution in [0.5, 0.6) is 0 Å². The maximum Gasteiger partial charge on any atom is 0.306 e. The average Bonchev–Trinajstić information content (AvgIpc) is 3.46. The van der Waals surface area contributed by atoms with Gasteiger partial charge in [-0.2, -0.15) is 0 Å². The Hall–Kier alpha value is -1.79. The Balaban J connectivity index is 1.67. The minimum absolute atomic E-state index is 0.0614. The van der Waals surface area contributed by atoms with Crippen molar-refractivity contribution >= 4 is 5.97 Å². The highest BCUT2D eigenvalue weighted by molar-refractivity contribution is 5.69. The number of allylic oxidation sites excluding steroid dienone is 6. The maximum atomic E-state index is 13.1. The van der Waals surface area contributed by atoms with E-state index in [0.717, 1.165) is 44.9 Å². The molecule has 0 bridgehead atoms. The Labute approximate surface area is 480 Å². The van der Waals surface area contributed by atoms with Gasteiger partial charge in [0.05, 0.1) is 26.4 Å². The van der Waals surface area contributed by atoms with Gasteiger partial charge in [0, 0.05) is 13.0 Å². The third kappa shape index (κ3) is 37.9. The Morgan fingerprint density at radius 2 is 0.785 bits per heavy atom. The molecule has 0 amide bonds. The molecule has 2 aliphatic heterocycles. The van der Waals surface area contributed by atoms with E-state index >= 15 is 0 Å². The summed E-state index contributed by atoms with van der Waals surface area (Å²) >= 11 is 0. The standard InChI is InChI=1S/C65H120O14/c1-3-5-7-9-11-13-15-17-19-21-23-25-27-28-30-32-34-36-38-40-42-44-46-48-57(67)77-54(51-74-49-47-45-43-41-39-37-35-33-31-29-26-24-22-20-18-16-14-12-10-8-6-4-2)52-75-64-63(73)61(71)59(69)56(79-64)53-76-65-62(72)60(70)58(68)55(50-66)78-65/h16,18,21-24,54-56,58-66,68-73H,3-15,17,19-20,25-53H2,1-2H3/b18-16-,23-21-,24-22-. The van der Waals surface area contributed by atoms with Crippen molar-refractivity contribution in [3.63, 3.8) is 0 Å². The molecule has 2 rings (SSSR count). The summed E-state index contributed by atoms with van der Waals surface area (Å²) in [6, 6.07) is 0. The lowest BCUT2D eigenvalue weighted by atomic mass is 9.98. The number of ether oxygens (including phenoxy) is 6. The van der Waals surface area contributed by atoms with Gasteiger partial charge in [-0.3, -0.25) is 4.79 Å². The Kier molecular flexibility index (Phi) is 48.1. The van der Waals surface area contributed by atoms with Crippen molar-refractivity contribution < 1.29 is 69.0 Å². The van der Waals surface area contributed by atoms with Crippen molar-refractivity contribution in [2.24, 2.45) is 0 Å². The first kappa shape index (κ1) is 73.3. The molecule has 2 fully saturated rings. The van der Waals surface area contributed by atoms with Crippen LogP contribution < -0.4 is 0 Å². The lowest BCUT2D eigenvalue weighted by Gasteiger charge is -2.42. The highest BCUT2D eigenvalue weighted by Gasteiger charge is 2.47. The first-order chi connectivity index (χ1) is 38.6. The summed E-state index contributed by atoms with van der Waals surface area (Å²) in [6.45, 7) is 3.72. The topological polar surface area (TPSA) is 214 Å². The smallest absolute Gasteiger partial charge is 0.306 e. The molecule has 2 heterocycles. The third-order valence-electron chi connectivity index (χ3n) is 15.6. The summed E-state index contributed by atoms with van der Waals surface area (Å²) in [5.41, 5.74) is 0. The zero-order valence-electron chi connectivity index (χ0n) is 50.1. The molecule has 14 nitrogen and oxygen atoms in total. The molecule has 0 aromatic carbocycles. The van der Waals surface area contributed by atoms with Crippen LogP contribution in [0.1, 0.15) is 271 Å². The normalized spacial score (nSPS) is 24.2. The van der Waals surface area contributed by atoms with Gasteiger partial charge in [-0.05, 0) is 70.6 Å². The van der Waals surface area contributed by atoms with E-state index in [1.807, 2.05) is 0 Å². The van der Waals surface area contributed by atoms with Crippen LogP contribution in [0.3, 0.4) is 0 Å². The van der Waals surface area contributed by atoms with Crippen molar-refractivity contribution in [3.8, 4) is 0 Å². The molecule has 0 aromatic rings. The van der Waals surface area contributed by atoms with Gasteiger partial charge >= 0.3 is 5.97 Å². The van der Waals surface area contributed by atoms with E-state index in [1.165, 1.54) is 199 Å². The highest BCUT2D eigenvalue weighted by atomic mass is 16.7. The monoisotopic (exact) mass is 1120 g/mol. The number of esters is 1. The van der Waals surface area contributed by atoms with E-state index in [9.17, 15) is 40.5 Å². The number of rotatable bonds is 54. The molecule has 0 aliphatic carbocycles. The van der Waals surface area contributed by atoms with Gasteiger partial charge in [0.15, 0.2) is 12.6 Å². The van der Waals surface area contributed by atoms with Crippen LogP contribution >= 0.6 is 0 Å². The molecule has 0 spiro atoms. The van der Waals surface area contributed by atoms with Crippen LogP contribution in [-0.4, -0.2) is 142 Å². The third-order valence-corrected chi connectivity index (χ3v) is 15.6. The van der Waals surface area contributed by atoms with Crippen molar-refractivity contribution in [2.75, 3.05) is 33.0 Å². The fourth-order valence-corrected chi connectivity index (χ4v) is 10.4. The molecule has 11 atom stereocenters. The van der Waals surface area contributed by atoms with Gasteiger partial charge in [0.2, 0.25) is 0 Å². The van der Waals surface area contributed by atoms with E-state index in [1.54, 1.807) is 0 Å². The zero-order chi connectivity index (χ0) is 57.2. The first-order valence-corrected chi connectivity index (χ1v) is 32.6. The van der Waals surface area contributed by atoms with Crippen LogP contribution in [0.25, 0.3) is 0 Å². The lowest BCUT2D eigenvalue weighted by molar-refractivity contribution is -0.332. The molecule has 0 aromatic heterocycles. The number of unbranched alkanes of at least 4 members (excludes halogenated alkanes) is 34. The summed E-state index contributed by atoms with van der Waals surface area (Å²) in [6.07, 6.45) is 46.3. The molecule has 11 unspecified atom stereocenters. The van der Waals surface area contributed by atoms with Crippen molar-refractivity contribution in [2.45, 2.75) is 338 Å². The van der Waals surface area contributed by atoms with Gasteiger partial charge in [-0.25, -0.2) is 0 Å². The summed E-state index contributed by atoms with van der Waals surface area (Å²) in [5, 5.41) is 72.5. The van der Waals surface area contributed by atoms with Crippen LogP contribution in [-0.2, 0) is 33.2 Å². The maximum absolute atomic E-state index is 13.1. The Bertz CT molecular complexity index is 1450. The Morgan fingerprint density at radius 1 is 0.418 bits per heavy atom. The van der Waals surface area contributed by atoms with Crippen LogP contribution in [0, 0.1) is 0 Å². The fraction of sp³-hybridized carbons (Fsp3) is 0.892. The molecule has 0 saturated carbocycles. The molecule has 14 heteroatoms. The highest BCUT2D eigenvalue weighted by Crippen LogP contribution is 2.27. The number of hydrogen-bond donors (Lipinski definition) is 7. The van der Waals surface area contributed by atoms with E-state index in [2.05, 4.69) is 50.3 Å². The summed E-state index contributed by atoms with van der Waals surface area (Å²) in [7, 11) is 0. The minimum Gasteiger partial charge on any atom is -0.457 e. The Morgan fingerprint density at radius 3 is 1.23 bits per heavy atom. The zero-order valence-corrected chi connectivity index (χ0v) is 50.1. The fourth-order valence-electron chi connectivity index (χ4n) is 10.4. The van der Waals surface area contributed by atoms with E-state index < -0.39 is 80.7 Å². The molecule has 7 N–H and O–H groups in total. The van der Waals surface area contributed by atoms with Crippen molar-refractivity contribution in [1.82, 2.24) is 0 Å². The summed E-state index contributed by atoms with van der Waals surface area (Å²) in [5.74, 6) is -0.374. The van der Waals surface area contributed by atoms with Gasteiger partial charge in [-0.1, -0.05) is 230 Å². The van der Waals surface area contributed by atoms with E-state index in [0.29, 0.717) is 13.0 Å². The predicted octanol–water partition coefficient (Wildman–Crippen LogP) is 12.9. The molecule has 2 aliphatic rings. The molecule has 79 heavy (non-hydrogen) atoms. The molecule has 464 valence electrons. The van der Waals surface area contributed by atoms with Crippen LogP contribution in [0.15, 0.2) is 36.5 Å². The number of aliphatic hydroxyl groups excluding tert-OH is 7. The second-order valence-corrected chi connectivity index (χ2v) is 22.9. The minimum atomic E-state index is -1.71. The largest absolute Gasteiger partial charge is 0.457 e. The molecule has 2 saturated heterocycles. The summed E-state index contributed by atoms with van der Waals surface area (Å²) < 4.78 is 34.5. The van der Waals surface area contributed by atoms with Gasteiger partial charge in [0.1, 0.15) is 54.9 Å². The second kappa shape index (κ2) is 51.8. The number of hydrogen-bond acceptors (Lipinski definition) is 14. The number of carbonyl (C=O) groups is 1. The van der Waals surface area contributed by atoms with Crippen molar-refractivity contribution in [3.05, 3.63) is 36.5 Å². The van der Waals surface area contributed by atoms with Crippen LogP contribution in [0.4, 0.5) is 0 Å². The quantitative estimate of drug-likeness (QED) is 0.0172. The van der Waals surface area contributed by atoms with Crippen LogP contribution in [0.2, 0.25) is 0 Å². The average molecular weight is 1130 g/mol. The lowest BCUT2D eigenvalue weighted by Crippen LogP contribution is -2.61.